The molecule has 3 aromatic rings. The highest BCUT2D eigenvalue weighted by Gasteiger charge is 2.22. The lowest BCUT2D eigenvalue weighted by Crippen LogP contribution is -2.15. The van der Waals surface area contributed by atoms with Gasteiger partial charge in [-0.3, -0.25) is 0 Å². The first kappa shape index (κ1) is 11.9. The Kier molecular flexibility index (Phi) is 2.92. The topological polar surface area (TPSA) is 17.8 Å². The van der Waals surface area contributed by atoms with Gasteiger partial charge in [0.2, 0.25) is 0 Å². The van der Waals surface area contributed by atoms with Gasteiger partial charge in [0.1, 0.15) is 0 Å². The lowest BCUT2D eigenvalue weighted by atomic mass is 9.88. The van der Waals surface area contributed by atoms with Crippen LogP contribution in [0.5, 0.6) is 0 Å². The average Bonchev–Trinajstić information content (AvgIpc) is 3.18. The van der Waals surface area contributed by atoms with Crippen molar-refractivity contribution in [1.29, 1.82) is 0 Å². The van der Waals surface area contributed by atoms with Gasteiger partial charge in [-0.05, 0) is 41.5 Å². The number of benzene rings is 1. The molecule has 1 aromatic carbocycles. The van der Waals surface area contributed by atoms with Crippen LogP contribution < -0.4 is 0 Å². The van der Waals surface area contributed by atoms with Crippen LogP contribution in [0.3, 0.4) is 0 Å². The van der Waals surface area contributed by atoms with Crippen LogP contribution in [0, 0.1) is 0 Å². The van der Waals surface area contributed by atoms with Gasteiger partial charge in [0.15, 0.2) is 0 Å². The molecule has 100 valence electrons. The summed E-state index contributed by atoms with van der Waals surface area (Å²) in [5, 5.41) is 2.14. The molecule has 3 heterocycles. The Bertz CT molecular complexity index is 712. The van der Waals surface area contributed by atoms with Crippen molar-refractivity contribution in [2.75, 3.05) is 0 Å². The number of aromatic nitrogens is 2. The maximum absolute atomic E-state index is 4.32. The Balaban J connectivity index is 1.76. The molecule has 4 rings (SSSR count). The standard InChI is InChI=1S/C17H16N2S/c1-4-13(10-14(5-1)17-7-3-9-20-17)15-6-2-8-19-12-18-11-16(15)19/h1,3-5,7,9-12,15H,2,6,8H2. The SMILES string of the molecule is c1cc(-c2cccs2)cc(C2CCCn3cncc32)c1. The average molecular weight is 280 g/mol. The summed E-state index contributed by atoms with van der Waals surface area (Å²) in [4.78, 5) is 5.66. The van der Waals surface area contributed by atoms with E-state index in [9.17, 15) is 0 Å². The molecule has 0 fully saturated rings. The van der Waals surface area contributed by atoms with Gasteiger partial charge < -0.3 is 4.57 Å². The third-order valence-electron chi connectivity index (χ3n) is 4.09. The number of rotatable bonds is 2. The minimum absolute atomic E-state index is 0.492. The summed E-state index contributed by atoms with van der Waals surface area (Å²) in [6, 6.07) is 13.3. The number of fused-ring (bicyclic) bond motifs is 1. The Morgan fingerprint density at radius 2 is 2.20 bits per heavy atom. The van der Waals surface area contributed by atoms with Gasteiger partial charge in [0.05, 0.1) is 6.33 Å². The van der Waals surface area contributed by atoms with Gasteiger partial charge in [0, 0.05) is 29.2 Å². The van der Waals surface area contributed by atoms with E-state index in [2.05, 4.69) is 51.3 Å². The van der Waals surface area contributed by atoms with E-state index in [1.807, 2.05) is 12.5 Å². The van der Waals surface area contributed by atoms with Gasteiger partial charge in [-0.1, -0.05) is 24.3 Å². The van der Waals surface area contributed by atoms with Crippen molar-refractivity contribution in [2.45, 2.75) is 25.3 Å². The van der Waals surface area contributed by atoms with Crippen LogP contribution in [0.2, 0.25) is 0 Å². The molecule has 2 nitrogen and oxygen atoms in total. The van der Waals surface area contributed by atoms with Crippen LogP contribution in [-0.4, -0.2) is 9.55 Å². The van der Waals surface area contributed by atoms with Crippen LogP contribution in [-0.2, 0) is 6.54 Å². The molecule has 0 saturated heterocycles. The number of hydrogen-bond acceptors (Lipinski definition) is 2. The summed E-state index contributed by atoms with van der Waals surface area (Å²) in [7, 11) is 0. The third kappa shape index (κ3) is 1.98. The quantitative estimate of drug-likeness (QED) is 0.674. The molecular formula is C17H16N2S. The van der Waals surface area contributed by atoms with E-state index >= 15 is 0 Å². The van der Waals surface area contributed by atoms with Crippen molar-refractivity contribution in [2.24, 2.45) is 0 Å². The first-order chi connectivity index (χ1) is 9.92. The smallest absolute Gasteiger partial charge is 0.0948 e. The summed E-state index contributed by atoms with van der Waals surface area (Å²) >= 11 is 1.80. The van der Waals surface area contributed by atoms with Crippen LogP contribution >= 0.6 is 11.3 Å². The molecule has 0 radical (unpaired) electrons. The molecule has 3 heteroatoms. The molecule has 0 bridgehead atoms. The fraction of sp³-hybridized carbons (Fsp3) is 0.235. The Morgan fingerprint density at radius 1 is 1.20 bits per heavy atom. The van der Waals surface area contributed by atoms with Gasteiger partial charge in [0.25, 0.3) is 0 Å². The van der Waals surface area contributed by atoms with Crippen molar-refractivity contribution < 1.29 is 0 Å². The first-order valence-corrected chi connectivity index (χ1v) is 7.93. The van der Waals surface area contributed by atoms with Crippen molar-refractivity contribution in [3.8, 4) is 10.4 Å². The fourth-order valence-electron chi connectivity index (χ4n) is 3.11. The molecule has 1 atom stereocenters. The Hall–Kier alpha value is -1.87. The monoisotopic (exact) mass is 280 g/mol. The van der Waals surface area contributed by atoms with Gasteiger partial charge in [-0.15, -0.1) is 11.3 Å². The lowest BCUT2D eigenvalue weighted by molar-refractivity contribution is 0.491. The Labute approximate surface area is 122 Å². The Morgan fingerprint density at radius 3 is 3.10 bits per heavy atom. The molecule has 20 heavy (non-hydrogen) atoms. The second-order valence-electron chi connectivity index (χ2n) is 5.31. The lowest BCUT2D eigenvalue weighted by Gasteiger charge is -2.24. The molecule has 1 unspecified atom stereocenters. The minimum atomic E-state index is 0.492. The molecule has 2 aromatic heterocycles. The highest BCUT2D eigenvalue weighted by Crippen LogP contribution is 2.35. The summed E-state index contributed by atoms with van der Waals surface area (Å²) in [6.45, 7) is 1.11. The first-order valence-electron chi connectivity index (χ1n) is 7.06. The zero-order valence-corrected chi connectivity index (χ0v) is 12.0. The maximum Gasteiger partial charge on any atom is 0.0948 e. The predicted octanol–water partition coefficient (Wildman–Crippen LogP) is 4.54. The molecular weight excluding hydrogens is 264 g/mol. The van der Waals surface area contributed by atoms with E-state index in [4.69, 9.17) is 0 Å². The van der Waals surface area contributed by atoms with Crippen molar-refractivity contribution in [3.05, 3.63) is 65.6 Å². The third-order valence-corrected chi connectivity index (χ3v) is 5.01. The zero-order chi connectivity index (χ0) is 13.4. The van der Waals surface area contributed by atoms with E-state index in [-0.39, 0.29) is 0 Å². The van der Waals surface area contributed by atoms with Crippen molar-refractivity contribution >= 4 is 11.3 Å². The number of hydrogen-bond donors (Lipinski definition) is 0. The summed E-state index contributed by atoms with van der Waals surface area (Å²) in [5.41, 5.74) is 4.10. The highest BCUT2D eigenvalue weighted by molar-refractivity contribution is 7.13. The summed E-state index contributed by atoms with van der Waals surface area (Å²) in [5.74, 6) is 0.492. The second-order valence-corrected chi connectivity index (χ2v) is 6.26. The van der Waals surface area contributed by atoms with Crippen LogP contribution in [0.4, 0.5) is 0 Å². The van der Waals surface area contributed by atoms with E-state index in [1.54, 1.807) is 11.3 Å². The fourth-order valence-corrected chi connectivity index (χ4v) is 3.83. The van der Waals surface area contributed by atoms with Crippen molar-refractivity contribution in [3.63, 3.8) is 0 Å². The van der Waals surface area contributed by atoms with Crippen molar-refractivity contribution in [1.82, 2.24) is 9.55 Å². The van der Waals surface area contributed by atoms with E-state index in [0.29, 0.717) is 5.92 Å². The predicted molar refractivity (Wildman–Crippen MR) is 83.1 cm³/mol. The molecule has 0 N–H and O–H groups in total. The van der Waals surface area contributed by atoms with Gasteiger partial charge in [-0.2, -0.15) is 0 Å². The molecule has 0 spiro atoms. The van der Waals surface area contributed by atoms with Crippen LogP contribution in [0.15, 0.2) is 54.3 Å². The van der Waals surface area contributed by atoms with Crippen LogP contribution in [0.1, 0.15) is 30.0 Å². The normalized spacial score (nSPS) is 17.9. The zero-order valence-electron chi connectivity index (χ0n) is 11.2. The molecule has 0 saturated carbocycles. The number of nitrogens with zero attached hydrogens (tertiary/aromatic N) is 2. The van der Waals surface area contributed by atoms with E-state index in [1.165, 1.54) is 34.5 Å². The number of aryl methyl sites for hydroxylation is 1. The molecule has 1 aliphatic heterocycles. The molecule has 0 amide bonds. The van der Waals surface area contributed by atoms with Gasteiger partial charge >= 0.3 is 0 Å². The van der Waals surface area contributed by atoms with E-state index in [0.717, 1.165) is 6.54 Å². The molecule has 0 aliphatic carbocycles. The second kappa shape index (κ2) is 4.91. The van der Waals surface area contributed by atoms with E-state index < -0.39 is 0 Å². The van der Waals surface area contributed by atoms with Crippen LogP contribution in [0.25, 0.3) is 10.4 Å². The largest absolute Gasteiger partial charge is 0.334 e. The number of imidazole rings is 1. The summed E-state index contributed by atoms with van der Waals surface area (Å²) < 4.78 is 2.30. The summed E-state index contributed by atoms with van der Waals surface area (Å²) in [6.07, 6.45) is 6.45. The maximum atomic E-state index is 4.32. The highest BCUT2D eigenvalue weighted by atomic mass is 32.1. The minimum Gasteiger partial charge on any atom is -0.334 e. The molecule has 1 aliphatic rings. The number of thiophene rings is 1. The van der Waals surface area contributed by atoms with Gasteiger partial charge in [-0.25, -0.2) is 4.98 Å².